The number of rotatable bonds is 7. The number of amides is 2. The van der Waals surface area contributed by atoms with E-state index in [1.165, 1.54) is 17.8 Å². The van der Waals surface area contributed by atoms with Crippen LogP contribution in [0.25, 0.3) is 0 Å². The molecule has 0 radical (unpaired) electrons. The minimum atomic E-state index is -0.429. The van der Waals surface area contributed by atoms with Crippen LogP contribution in [0.5, 0.6) is 5.75 Å². The Morgan fingerprint density at radius 3 is 2.62 bits per heavy atom. The van der Waals surface area contributed by atoms with E-state index in [2.05, 4.69) is 5.32 Å². The largest absolute Gasteiger partial charge is 0.482 e. The van der Waals surface area contributed by atoms with E-state index in [0.717, 1.165) is 4.90 Å². The van der Waals surface area contributed by atoms with Crippen LogP contribution in [0, 0.1) is 0 Å². The Hall–Kier alpha value is -1.89. The number of nitrogens with two attached hydrogens (primary N) is 1. The van der Waals surface area contributed by atoms with Crippen molar-refractivity contribution in [3.05, 3.63) is 52.5 Å². The minimum Gasteiger partial charge on any atom is -0.482 e. The molecule has 0 spiro atoms. The summed E-state index contributed by atoms with van der Waals surface area (Å²) in [5.74, 6) is -0.286. The first-order chi connectivity index (χ1) is 11.5. The molecule has 24 heavy (non-hydrogen) atoms. The number of primary amides is 1. The van der Waals surface area contributed by atoms with Crippen molar-refractivity contribution in [1.82, 2.24) is 0 Å². The highest BCUT2D eigenvalue weighted by molar-refractivity contribution is 8.00. The molecular formula is C16H14Cl2N2O3S. The maximum absolute atomic E-state index is 12.0. The number of anilines is 1. The highest BCUT2D eigenvalue weighted by Crippen LogP contribution is 2.28. The van der Waals surface area contributed by atoms with E-state index in [4.69, 9.17) is 33.7 Å². The smallest absolute Gasteiger partial charge is 0.262 e. The zero-order chi connectivity index (χ0) is 17.5. The van der Waals surface area contributed by atoms with Crippen molar-refractivity contribution < 1.29 is 14.3 Å². The predicted molar refractivity (Wildman–Crippen MR) is 96.9 cm³/mol. The normalized spacial score (nSPS) is 10.2. The topological polar surface area (TPSA) is 81.4 Å². The third-order valence-electron chi connectivity index (χ3n) is 2.78. The van der Waals surface area contributed by atoms with Gasteiger partial charge in [-0.3, -0.25) is 9.59 Å². The molecule has 126 valence electrons. The monoisotopic (exact) mass is 384 g/mol. The number of halogens is 2. The SMILES string of the molecule is NC(=O)CSc1ccccc1NC(=O)COc1ccc(Cl)cc1Cl. The Labute approximate surface area is 153 Å². The zero-order valence-electron chi connectivity index (χ0n) is 12.4. The molecular weight excluding hydrogens is 371 g/mol. The molecule has 0 saturated carbocycles. The Balaban J connectivity index is 1.96. The van der Waals surface area contributed by atoms with Crippen molar-refractivity contribution in [3.8, 4) is 5.75 Å². The van der Waals surface area contributed by atoms with E-state index in [0.29, 0.717) is 21.5 Å². The van der Waals surface area contributed by atoms with Crippen molar-refractivity contribution in [1.29, 1.82) is 0 Å². The zero-order valence-corrected chi connectivity index (χ0v) is 14.8. The summed E-state index contributed by atoms with van der Waals surface area (Å²) in [6.45, 7) is -0.212. The van der Waals surface area contributed by atoms with Gasteiger partial charge in [0.05, 0.1) is 16.5 Å². The van der Waals surface area contributed by atoms with Gasteiger partial charge in [0.25, 0.3) is 5.91 Å². The Morgan fingerprint density at radius 2 is 1.92 bits per heavy atom. The fourth-order valence-corrected chi connectivity index (χ4v) is 2.98. The second-order valence-electron chi connectivity index (χ2n) is 4.66. The van der Waals surface area contributed by atoms with Gasteiger partial charge in [-0.05, 0) is 30.3 Å². The van der Waals surface area contributed by atoms with Crippen LogP contribution in [-0.4, -0.2) is 24.2 Å². The van der Waals surface area contributed by atoms with Crippen LogP contribution >= 0.6 is 35.0 Å². The van der Waals surface area contributed by atoms with E-state index in [9.17, 15) is 9.59 Å². The van der Waals surface area contributed by atoms with Crippen LogP contribution < -0.4 is 15.8 Å². The molecule has 0 heterocycles. The minimum absolute atomic E-state index is 0.129. The summed E-state index contributed by atoms with van der Waals surface area (Å²) in [6, 6.07) is 11.9. The fourth-order valence-electron chi connectivity index (χ4n) is 1.77. The number of para-hydroxylation sites is 1. The molecule has 2 amide bonds. The van der Waals surface area contributed by atoms with Gasteiger partial charge >= 0.3 is 0 Å². The van der Waals surface area contributed by atoms with Gasteiger partial charge in [0.2, 0.25) is 5.91 Å². The Morgan fingerprint density at radius 1 is 1.17 bits per heavy atom. The fraction of sp³-hybridized carbons (Fsp3) is 0.125. The van der Waals surface area contributed by atoms with Crippen molar-refractivity contribution in [3.63, 3.8) is 0 Å². The third-order valence-corrected chi connectivity index (χ3v) is 4.41. The molecule has 0 unspecified atom stereocenters. The first-order valence-electron chi connectivity index (χ1n) is 6.83. The van der Waals surface area contributed by atoms with Gasteiger partial charge in [-0.15, -0.1) is 11.8 Å². The molecule has 0 aliphatic heterocycles. The number of ether oxygens (including phenoxy) is 1. The van der Waals surface area contributed by atoms with Gasteiger partial charge in [0.15, 0.2) is 6.61 Å². The van der Waals surface area contributed by atoms with Gasteiger partial charge in [-0.25, -0.2) is 0 Å². The lowest BCUT2D eigenvalue weighted by Crippen LogP contribution is -2.20. The third kappa shape index (κ3) is 5.63. The van der Waals surface area contributed by atoms with Gasteiger partial charge < -0.3 is 15.8 Å². The van der Waals surface area contributed by atoms with Crippen LogP contribution in [0.15, 0.2) is 47.4 Å². The quantitative estimate of drug-likeness (QED) is 0.714. The summed E-state index contributed by atoms with van der Waals surface area (Å²) in [4.78, 5) is 23.7. The molecule has 0 atom stereocenters. The molecule has 2 aromatic rings. The lowest BCUT2D eigenvalue weighted by molar-refractivity contribution is -0.118. The molecule has 3 N–H and O–H groups in total. The standard InChI is InChI=1S/C16H14Cl2N2O3S/c17-10-5-6-13(11(18)7-10)23-8-16(22)20-12-3-1-2-4-14(12)24-9-15(19)21/h1-7H,8-9H2,(H2,19,21)(H,20,22). The van der Waals surface area contributed by atoms with Crippen LogP contribution in [0.1, 0.15) is 0 Å². The van der Waals surface area contributed by atoms with E-state index in [1.54, 1.807) is 30.3 Å². The van der Waals surface area contributed by atoms with E-state index in [1.807, 2.05) is 6.07 Å². The van der Waals surface area contributed by atoms with Crippen LogP contribution in [0.4, 0.5) is 5.69 Å². The number of hydrogen-bond acceptors (Lipinski definition) is 4. The molecule has 0 aliphatic carbocycles. The molecule has 0 saturated heterocycles. The van der Waals surface area contributed by atoms with Crippen molar-refractivity contribution in [2.24, 2.45) is 5.73 Å². The number of carbonyl (C=O) groups is 2. The summed E-state index contributed by atoms with van der Waals surface area (Å²) in [5, 5.41) is 3.54. The number of benzene rings is 2. The summed E-state index contributed by atoms with van der Waals surface area (Å²) in [6.07, 6.45) is 0. The van der Waals surface area contributed by atoms with Crippen molar-refractivity contribution >= 4 is 52.5 Å². The van der Waals surface area contributed by atoms with Gasteiger partial charge in [-0.1, -0.05) is 35.3 Å². The first-order valence-corrected chi connectivity index (χ1v) is 8.57. The van der Waals surface area contributed by atoms with E-state index in [-0.39, 0.29) is 18.3 Å². The predicted octanol–water partition coefficient (Wildman–Crippen LogP) is 3.59. The summed E-state index contributed by atoms with van der Waals surface area (Å²) >= 11 is 13.0. The molecule has 5 nitrogen and oxygen atoms in total. The molecule has 0 bridgehead atoms. The van der Waals surface area contributed by atoms with E-state index >= 15 is 0 Å². The average molecular weight is 385 g/mol. The number of thioether (sulfide) groups is 1. The van der Waals surface area contributed by atoms with Gasteiger partial charge in [0, 0.05) is 9.92 Å². The van der Waals surface area contributed by atoms with Crippen molar-refractivity contribution in [2.45, 2.75) is 4.90 Å². The number of hydrogen-bond donors (Lipinski definition) is 2. The maximum atomic E-state index is 12.0. The van der Waals surface area contributed by atoms with Crippen molar-refractivity contribution in [2.75, 3.05) is 17.7 Å². The van der Waals surface area contributed by atoms with Gasteiger partial charge in [0.1, 0.15) is 5.75 Å². The Bertz CT molecular complexity index is 756. The van der Waals surface area contributed by atoms with Crippen LogP contribution in [0.3, 0.4) is 0 Å². The highest BCUT2D eigenvalue weighted by Gasteiger charge is 2.10. The summed E-state index contributed by atoms with van der Waals surface area (Å²) in [7, 11) is 0. The second kappa shape index (κ2) is 8.82. The Kier molecular flexibility index (Phi) is 6.78. The molecule has 0 aromatic heterocycles. The molecule has 0 fully saturated rings. The number of carbonyl (C=O) groups excluding carboxylic acids is 2. The molecule has 2 rings (SSSR count). The lowest BCUT2D eigenvalue weighted by atomic mass is 10.3. The average Bonchev–Trinajstić information content (AvgIpc) is 2.53. The second-order valence-corrected chi connectivity index (χ2v) is 6.52. The summed E-state index contributed by atoms with van der Waals surface area (Å²) in [5.41, 5.74) is 5.72. The maximum Gasteiger partial charge on any atom is 0.262 e. The first kappa shape index (κ1) is 18.4. The number of nitrogens with one attached hydrogen (secondary N) is 1. The molecule has 2 aromatic carbocycles. The highest BCUT2D eigenvalue weighted by atomic mass is 35.5. The van der Waals surface area contributed by atoms with Gasteiger partial charge in [-0.2, -0.15) is 0 Å². The summed E-state index contributed by atoms with van der Waals surface area (Å²) < 4.78 is 5.38. The molecule has 8 heteroatoms. The van der Waals surface area contributed by atoms with E-state index < -0.39 is 5.91 Å². The van der Waals surface area contributed by atoms with Crippen LogP contribution in [-0.2, 0) is 9.59 Å². The molecule has 0 aliphatic rings. The lowest BCUT2D eigenvalue weighted by Gasteiger charge is -2.11. The van der Waals surface area contributed by atoms with Crippen LogP contribution in [0.2, 0.25) is 10.0 Å².